The van der Waals surface area contributed by atoms with Crippen LogP contribution in [0.1, 0.15) is 11.6 Å². The summed E-state index contributed by atoms with van der Waals surface area (Å²) >= 11 is 5.76. The van der Waals surface area contributed by atoms with Crippen molar-refractivity contribution in [2.75, 3.05) is 12.0 Å². The summed E-state index contributed by atoms with van der Waals surface area (Å²) in [5.74, 6) is -0.0622. The second kappa shape index (κ2) is 4.29. The second-order valence-corrected chi connectivity index (χ2v) is 5.88. The van der Waals surface area contributed by atoms with E-state index < -0.39 is 15.9 Å². The summed E-state index contributed by atoms with van der Waals surface area (Å²) in [7, 11) is -3.05. The predicted molar refractivity (Wildman–Crippen MR) is 58.1 cm³/mol. The molecule has 1 unspecified atom stereocenters. The molecule has 0 bridgehead atoms. The van der Waals surface area contributed by atoms with Crippen LogP contribution < -0.4 is 5.73 Å². The van der Waals surface area contributed by atoms with E-state index in [1.165, 1.54) is 0 Å². The Balaban J connectivity index is 2.85. The lowest BCUT2D eigenvalue weighted by Crippen LogP contribution is -2.20. The van der Waals surface area contributed by atoms with Gasteiger partial charge in [0.15, 0.2) is 0 Å². The van der Waals surface area contributed by atoms with Crippen LogP contribution in [0.5, 0.6) is 0 Å². The van der Waals surface area contributed by atoms with Crippen LogP contribution >= 0.6 is 11.6 Å². The molecule has 5 heteroatoms. The molecule has 1 rings (SSSR count). The van der Waals surface area contributed by atoms with Crippen LogP contribution in [0.25, 0.3) is 0 Å². The number of halogens is 1. The van der Waals surface area contributed by atoms with Crippen molar-refractivity contribution in [1.82, 2.24) is 0 Å². The highest BCUT2D eigenvalue weighted by molar-refractivity contribution is 7.90. The largest absolute Gasteiger partial charge is 0.323 e. The normalized spacial score (nSPS) is 13.9. The third kappa shape index (κ3) is 3.65. The topological polar surface area (TPSA) is 60.2 Å². The number of hydrogen-bond acceptors (Lipinski definition) is 3. The van der Waals surface area contributed by atoms with E-state index in [4.69, 9.17) is 17.3 Å². The van der Waals surface area contributed by atoms with Crippen LogP contribution in [-0.2, 0) is 9.84 Å². The van der Waals surface area contributed by atoms with Gasteiger partial charge in [0.25, 0.3) is 0 Å². The third-order valence-electron chi connectivity index (χ3n) is 1.76. The fourth-order valence-corrected chi connectivity index (χ4v) is 2.20. The lowest BCUT2D eigenvalue weighted by atomic mass is 10.1. The van der Waals surface area contributed by atoms with Crippen molar-refractivity contribution in [1.29, 1.82) is 0 Å². The van der Waals surface area contributed by atoms with Crippen LogP contribution in [0.3, 0.4) is 0 Å². The van der Waals surface area contributed by atoms with E-state index in [1.54, 1.807) is 24.3 Å². The summed E-state index contributed by atoms with van der Waals surface area (Å²) in [6.45, 7) is 0. The fraction of sp³-hybridized carbons (Fsp3) is 0.333. The number of sulfone groups is 1. The zero-order chi connectivity index (χ0) is 10.8. The van der Waals surface area contributed by atoms with Gasteiger partial charge in [0, 0.05) is 17.3 Å². The Morgan fingerprint density at radius 2 is 2.14 bits per heavy atom. The van der Waals surface area contributed by atoms with Crippen LogP contribution in [0.15, 0.2) is 24.3 Å². The van der Waals surface area contributed by atoms with Gasteiger partial charge in [0.05, 0.1) is 5.75 Å². The molecule has 0 amide bonds. The molecular weight excluding hydrogens is 222 g/mol. The van der Waals surface area contributed by atoms with Crippen LogP contribution in [0.2, 0.25) is 5.02 Å². The number of rotatable bonds is 3. The minimum absolute atomic E-state index is 0.0622. The average molecular weight is 234 g/mol. The molecule has 78 valence electrons. The zero-order valence-corrected chi connectivity index (χ0v) is 9.35. The van der Waals surface area contributed by atoms with Gasteiger partial charge in [0.1, 0.15) is 9.84 Å². The predicted octanol–water partition coefficient (Wildman–Crippen LogP) is 1.38. The first-order valence-corrected chi connectivity index (χ1v) is 6.51. The van der Waals surface area contributed by atoms with Crippen LogP contribution in [-0.4, -0.2) is 20.4 Å². The van der Waals surface area contributed by atoms with E-state index in [9.17, 15) is 8.42 Å². The van der Waals surface area contributed by atoms with Crippen molar-refractivity contribution in [3.8, 4) is 0 Å². The van der Waals surface area contributed by atoms with E-state index in [-0.39, 0.29) is 5.75 Å². The molecule has 0 radical (unpaired) electrons. The highest BCUT2D eigenvalue weighted by atomic mass is 35.5. The first-order chi connectivity index (χ1) is 6.38. The first kappa shape index (κ1) is 11.5. The maximum absolute atomic E-state index is 11.0. The SMILES string of the molecule is CS(=O)(=O)CC(N)c1cccc(Cl)c1. The molecule has 0 aromatic heterocycles. The number of benzene rings is 1. The average Bonchev–Trinajstić information content (AvgIpc) is 2.01. The van der Waals surface area contributed by atoms with Crippen molar-refractivity contribution >= 4 is 21.4 Å². The summed E-state index contributed by atoms with van der Waals surface area (Å²) in [5, 5.41) is 0.562. The van der Waals surface area contributed by atoms with Crippen LogP contribution in [0.4, 0.5) is 0 Å². The number of nitrogens with two attached hydrogens (primary N) is 1. The Bertz CT molecular complexity index is 417. The summed E-state index contributed by atoms with van der Waals surface area (Å²) in [5.41, 5.74) is 6.45. The van der Waals surface area contributed by atoms with E-state index in [0.29, 0.717) is 5.02 Å². The molecule has 0 aliphatic carbocycles. The molecule has 1 aromatic rings. The van der Waals surface area contributed by atoms with Crippen molar-refractivity contribution in [3.63, 3.8) is 0 Å². The monoisotopic (exact) mass is 233 g/mol. The van der Waals surface area contributed by atoms with Gasteiger partial charge in [0.2, 0.25) is 0 Å². The van der Waals surface area contributed by atoms with Crippen molar-refractivity contribution in [3.05, 3.63) is 34.9 Å². The molecule has 0 spiro atoms. The number of hydrogen-bond donors (Lipinski definition) is 1. The Morgan fingerprint density at radius 1 is 1.50 bits per heavy atom. The molecular formula is C9H12ClNO2S. The van der Waals surface area contributed by atoms with Gasteiger partial charge in [-0.15, -0.1) is 0 Å². The van der Waals surface area contributed by atoms with Gasteiger partial charge in [-0.2, -0.15) is 0 Å². The lowest BCUT2D eigenvalue weighted by Gasteiger charge is -2.10. The second-order valence-electron chi connectivity index (χ2n) is 3.25. The van der Waals surface area contributed by atoms with E-state index >= 15 is 0 Å². The molecule has 0 aliphatic rings. The van der Waals surface area contributed by atoms with Gasteiger partial charge in [-0.3, -0.25) is 0 Å². The summed E-state index contributed by atoms with van der Waals surface area (Å²) < 4.78 is 22.0. The van der Waals surface area contributed by atoms with Crippen LogP contribution in [0, 0.1) is 0 Å². The Labute approximate surface area is 88.8 Å². The molecule has 2 N–H and O–H groups in total. The summed E-state index contributed by atoms with van der Waals surface area (Å²) in [6, 6.07) is 6.40. The Kier molecular flexibility index (Phi) is 3.53. The molecule has 3 nitrogen and oxygen atoms in total. The summed E-state index contributed by atoms with van der Waals surface area (Å²) in [4.78, 5) is 0. The molecule has 0 heterocycles. The van der Waals surface area contributed by atoms with Gasteiger partial charge in [-0.1, -0.05) is 23.7 Å². The smallest absolute Gasteiger partial charge is 0.149 e. The maximum atomic E-state index is 11.0. The molecule has 0 fully saturated rings. The standard InChI is InChI=1S/C9H12ClNO2S/c1-14(12,13)6-9(11)7-3-2-4-8(10)5-7/h2-5,9H,6,11H2,1H3. The highest BCUT2D eigenvalue weighted by Gasteiger charge is 2.12. The molecule has 1 atom stereocenters. The Morgan fingerprint density at radius 3 is 2.64 bits per heavy atom. The maximum Gasteiger partial charge on any atom is 0.149 e. The van der Waals surface area contributed by atoms with E-state index in [2.05, 4.69) is 0 Å². The molecule has 1 aromatic carbocycles. The van der Waals surface area contributed by atoms with Gasteiger partial charge in [-0.25, -0.2) is 8.42 Å². The Hall–Kier alpha value is -0.580. The minimum atomic E-state index is -3.05. The molecule has 0 saturated heterocycles. The molecule has 0 saturated carbocycles. The van der Waals surface area contributed by atoms with E-state index in [0.717, 1.165) is 11.8 Å². The summed E-state index contributed by atoms with van der Waals surface area (Å²) in [6.07, 6.45) is 1.16. The van der Waals surface area contributed by atoms with Gasteiger partial charge in [-0.05, 0) is 17.7 Å². The third-order valence-corrected chi connectivity index (χ3v) is 2.96. The van der Waals surface area contributed by atoms with Crippen molar-refractivity contribution in [2.24, 2.45) is 5.73 Å². The van der Waals surface area contributed by atoms with E-state index in [1.807, 2.05) is 0 Å². The zero-order valence-electron chi connectivity index (χ0n) is 7.77. The van der Waals surface area contributed by atoms with Gasteiger partial charge < -0.3 is 5.73 Å². The van der Waals surface area contributed by atoms with Gasteiger partial charge >= 0.3 is 0 Å². The molecule has 14 heavy (non-hydrogen) atoms. The lowest BCUT2D eigenvalue weighted by molar-refractivity contribution is 0.595. The first-order valence-electron chi connectivity index (χ1n) is 4.07. The van der Waals surface area contributed by atoms with Crippen molar-refractivity contribution < 1.29 is 8.42 Å². The van der Waals surface area contributed by atoms with Crippen molar-refractivity contribution in [2.45, 2.75) is 6.04 Å². The quantitative estimate of drug-likeness (QED) is 0.858. The molecule has 0 aliphatic heterocycles. The fourth-order valence-electron chi connectivity index (χ4n) is 1.16. The highest BCUT2D eigenvalue weighted by Crippen LogP contribution is 2.16. The minimum Gasteiger partial charge on any atom is -0.323 e.